The molecule has 3 rings (SSSR count). The van der Waals surface area contributed by atoms with Gasteiger partial charge < -0.3 is 4.90 Å². The first-order valence-corrected chi connectivity index (χ1v) is 7.38. The van der Waals surface area contributed by atoms with E-state index in [2.05, 4.69) is 15.1 Å². The summed E-state index contributed by atoms with van der Waals surface area (Å²) >= 11 is 0. The molecule has 0 aromatic carbocycles. The lowest BCUT2D eigenvalue weighted by Crippen LogP contribution is -2.54. The Hall–Kier alpha value is -2.11. The quantitative estimate of drug-likeness (QED) is 0.761. The molecule has 25 heavy (non-hydrogen) atoms. The average Bonchev–Trinajstić information content (AvgIpc) is 2.94. The summed E-state index contributed by atoms with van der Waals surface area (Å²) in [5.74, 6) is -0.108. The standard InChI is InChI=1S/C13H14F6N6/c1-8-5-23(2-3-24(8)6-12(14,15)16)10-4-9(13(17,18)19)22-11-20-7-21-25(10)11/h4,7-8H,2-3,5-6H2,1H3. The fourth-order valence-corrected chi connectivity index (χ4v) is 2.84. The van der Waals surface area contributed by atoms with Crippen LogP contribution < -0.4 is 4.90 Å². The lowest BCUT2D eigenvalue weighted by Gasteiger charge is -2.41. The van der Waals surface area contributed by atoms with Gasteiger partial charge in [0.15, 0.2) is 5.69 Å². The van der Waals surface area contributed by atoms with E-state index in [1.165, 1.54) is 4.90 Å². The zero-order valence-electron chi connectivity index (χ0n) is 13.0. The minimum atomic E-state index is -4.66. The first kappa shape index (κ1) is 17.7. The number of alkyl halides is 6. The first-order chi connectivity index (χ1) is 11.5. The maximum atomic E-state index is 13.0. The number of halogens is 6. The van der Waals surface area contributed by atoms with Crippen LogP contribution in [0.4, 0.5) is 32.2 Å². The predicted octanol–water partition coefficient (Wildman–Crippen LogP) is 2.22. The Morgan fingerprint density at radius 2 is 1.88 bits per heavy atom. The van der Waals surface area contributed by atoms with E-state index in [1.54, 1.807) is 11.8 Å². The molecule has 12 heteroatoms. The molecule has 0 spiro atoms. The van der Waals surface area contributed by atoms with Crippen LogP contribution in [-0.2, 0) is 6.18 Å². The second kappa shape index (κ2) is 6.00. The molecule has 3 heterocycles. The summed E-state index contributed by atoms with van der Waals surface area (Å²) in [4.78, 5) is 9.93. The monoisotopic (exact) mass is 368 g/mol. The van der Waals surface area contributed by atoms with Crippen LogP contribution in [0.25, 0.3) is 5.78 Å². The van der Waals surface area contributed by atoms with Crippen molar-refractivity contribution in [1.82, 2.24) is 24.5 Å². The second-order valence-electron chi connectivity index (χ2n) is 5.85. The molecule has 2 aromatic heterocycles. The molecule has 1 fully saturated rings. The van der Waals surface area contributed by atoms with Crippen LogP contribution in [0.1, 0.15) is 12.6 Å². The van der Waals surface area contributed by atoms with Gasteiger partial charge in [-0.1, -0.05) is 0 Å². The van der Waals surface area contributed by atoms with Crippen molar-refractivity contribution in [2.24, 2.45) is 0 Å². The van der Waals surface area contributed by atoms with Gasteiger partial charge in [0.25, 0.3) is 5.78 Å². The third-order valence-corrected chi connectivity index (χ3v) is 3.99. The molecule has 1 unspecified atom stereocenters. The summed E-state index contributed by atoms with van der Waals surface area (Å²) in [6.07, 6.45) is -7.91. The second-order valence-corrected chi connectivity index (χ2v) is 5.85. The molecular formula is C13H14F6N6. The Morgan fingerprint density at radius 1 is 1.16 bits per heavy atom. The Kier molecular flexibility index (Phi) is 4.25. The van der Waals surface area contributed by atoms with Gasteiger partial charge in [0.1, 0.15) is 12.1 Å². The van der Waals surface area contributed by atoms with Crippen molar-refractivity contribution in [2.45, 2.75) is 25.3 Å². The van der Waals surface area contributed by atoms with Gasteiger partial charge in [-0.25, -0.2) is 4.98 Å². The van der Waals surface area contributed by atoms with Gasteiger partial charge in [-0.15, -0.1) is 0 Å². The maximum absolute atomic E-state index is 13.0. The van der Waals surface area contributed by atoms with E-state index < -0.39 is 30.6 Å². The Balaban J connectivity index is 1.89. The smallest absolute Gasteiger partial charge is 0.354 e. The number of rotatable bonds is 2. The van der Waals surface area contributed by atoms with E-state index in [-0.39, 0.29) is 31.2 Å². The summed E-state index contributed by atoms with van der Waals surface area (Å²) in [7, 11) is 0. The fourth-order valence-electron chi connectivity index (χ4n) is 2.84. The van der Waals surface area contributed by atoms with Crippen molar-refractivity contribution in [3.05, 3.63) is 18.1 Å². The van der Waals surface area contributed by atoms with Crippen LogP contribution >= 0.6 is 0 Å². The van der Waals surface area contributed by atoms with Crippen molar-refractivity contribution in [1.29, 1.82) is 0 Å². The normalized spacial score (nSPS) is 20.4. The molecule has 2 aromatic rings. The molecule has 1 saturated heterocycles. The van der Waals surface area contributed by atoms with E-state index in [9.17, 15) is 26.3 Å². The van der Waals surface area contributed by atoms with Gasteiger partial charge in [0.2, 0.25) is 0 Å². The Labute approximate surface area is 138 Å². The molecule has 1 aliphatic rings. The first-order valence-electron chi connectivity index (χ1n) is 7.38. The van der Waals surface area contributed by atoms with E-state index in [1.807, 2.05) is 0 Å². The molecule has 0 saturated carbocycles. The zero-order valence-corrected chi connectivity index (χ0v) is 13.0. The van der Waals surface area contributed by atoms with Gasteiger partial charge in [0, 0.05) is 31.7 Å². The lowest BCUT2D eigenvalue weighted by molar-refractivity contribution is -0.151. The third kappa shape index (κ3) is 3.78. The van der Waals surface area contributed by atoms with E-state index in [4.69, 9.17) is 0 Å². The van der Waals surface area contributed by atoms with Crippen LogP contribution in [0.15, 0.2) is 12.4 Å². The summed E-state index contributed by atoms with van der Waals surface area (Å²) in [6.45, 7) is 0.886. The van der Waals surface area contributed by atoms with Crippen LogP contribution in [0.3, 0.4) is 0 Å². The number of nitrogens with zero attached hydrogens (tertiary/aromatic N) is 6. The van der Waals surface area contributed by atoms with Crippen molar-refractivity contribution >= 4 is 11.6 Å². The number of anilines is 1. The molecular weight excluding hydrogens is 354 g/mol. The van der Waals surface area contributed by atoms with Crippen LogP contribution in [0.5, 0.6) is 0 Å². The van der Waals surface area contributed by atoms with Crippen LogP contribution in [0.2, 0.25) is 0 Å². The Morgan fingerprint density at radius 3 is 2.48 bits per heavy atom. The van der Waals surface area contributed by atoms with E-state index in [0.717, 1.165) is 16.9 Å². The van der Waals surface area contributed by atoms with Crippen molar-refractivity contribution < 1.29 is 26.3 Å². The molecule has 1 aliphatic heterocycles. The van der Waals surface area contributed by atoms with Crippen LogP contribution in [-0.4, -0.2) is 62.9 Å². The summed E-state index contributed by atoms with van der Waals surface area (Å²) in [5.41, 5.74) is -1.12. The fraction of sp³-hybridized carbons (Fsp3) is 0.615. The van der Waals surface area contributed by atoms with Gasteiger partial charge in [-0.05, 0) is 6.92 Å². The van der Waals surface area contributed by atoms with Crippen molar-refractivity contribution in [3.8, 4) is 0 Å². The highest BCUT2D eigenvalue weighted by atomic mass is 19.4. The summed E-state index contributed by atoms with van der Waals surface area (Å²) in [5, 5.41) is 3.86. The highest BCUT2D eigenvalue weighted by molar-refractivity contribution is 5.48. The van der Waals surface area contributed by atoms with Crippen molar-refractivity contribution in [2.75, 3.05) is 31.1 Å². The molecule has 0 N–H and O–H groups in total. The van der Waals surface area contributed by atoms with Gasteiger partial charge in [-0.2, -0.15) is 40.9 Å². The van der Waals surface area contributed by atoms with Gasteiger partial charge in [0.05, 0.1) is 6.54 Å². The van der Waals surface area contributed by atoms with Gasteiger partial charge in [-0.3, -0.25) is 4.90 Å². The number of fused-ring (bicyclic) bond motifs is 1. The molecule has 0 amide bonds. The molecule has 0 bridgehead atoms. The maximum Gasteiger partial charge on any atom is 0.433 e. The number of hydrogen-bond donors (Lipinski definition) is 0. The average molecular weight is 368 g/mol. The minimum Gasteiger partial charge on any atom is -0.354 e. The number of piperazine rings is 1. The minimum absolute atomic E-state index is 0.0700. The largest absolute Gasteiger partial charge is 0.433 e. The zero-order chi connectivity index (χ0) is 18.4. The highest BCUT2D eigenvalue weighted by Crippen LogP contribution is 2.31. The number of aromatic nitrogens is 4. The van der Waals surface area contributed by atoms with E-state index >= 15 is 0 Å². The molecule has 6 nitrogen and oxygen atoms in total. The third-order valence-electron chi connectivity index (χ3n) is 3.99. The number of hydrogen-bond acceptors (Lipinski definition) is 5. The topological polar surface area (TPSA) is 49.6 Å². The molecule has 0 aliphatic carbocycles. The van der Waals surface area contributed by atoms with E-state index in [0.29, 0.717) is 0 Å². The van der Waals surface area contributed by atoms with Gasteiger partial charge >= 0.3 is 12.4 Å². The molecule has 1 atom stereocenters. The molecule has 0 radical (unpaired) electrons. The lowest BCUT2D eigenvalue weighted by atomic mass is 10.2. The summed E-state index contributed by atoms with van der Waals surface area (Å²) < 4.78 is 77.9. The Bertz CT molecular complexity index is 754. The predicted molar refractivity (Wildman–Crippen MR) is 75.1 cm³/mol. The highest BCUT2D eigenvalue weighted by Gasteiger charge is 2.37. The van der Waals surface area contributed by atoms with Crippen molar-refractivity contribution in [3.63, 3.8) is 0 Å². The molecule has 138 valence electrons. The SMILES string of the molecule is CC1CN(c2cc(C(F)(F)F)nc3ncnn23)CCN1CC(F)(F)F. The van der Waals surface area contributed by atoms with Crippen LogP contribution in [0, 0.1) is 0 Å². The summed E-state index contributed by atoms with van der Waals surface area (Å²) in [6, 6.07) is 0.352.